The number of hydrogen-bond acceptors (Lipinski definition) is 6. The summed E-state index contributed by atoms with van der Waals surface area (Å²) in [5.41, 5.74) is -0.915. The number of halogens is 18. The van der Waals surface area contributed by atoms with E-state index in [2.05, 4.69) is 29.7 Å². The fraction of sp³-hybridized carbons (Fsp3) is 0.870. The molecule has 4 saturated carbocycles. The number of alkyl halides is 18. The first-order valence-electron chi connectivity index (χ1n) is 13.2. The molecule has 1 aromatic heterocycles. The van der Waals surface area contributed by atoms with E-state index < -0.39 is 84.6 Å². The van der Waals surface area contributed by atoms with Gasteiger partial charge in [-0.1, -0.05) is 0 Å². The molecule has 1 heterocycles. The van der Waals surface area contributed by atoms with Crippen molar-refractivity contribution in [1.29, 1.82) is 0 Å². The number of rotatable bonds is 12. The number of hydrogen-bond donors (Lipinski definition) is 1. The molecular formula is C23H20F18N4O2. The Morgan fingerprint density at radius 3 is 1.13 bits per heavy atom. The Morgan fingerprint density at radius 2 is 0.830 bits per heavy atom. The average Bonchev–Trinajstić information content (AvgIpc) is 2.88. The van der Waals surface area contributed by atoms with Crippen molar-refractivity contribution < 1.29 is 88.5 Å². The molecule has 4 aliphatic carbocycles. The zero-order valence-corrected chi connectivity index (χ0v) is 22.9. The van der Waals surface area contributed by atoms with Crippen molar-refractivity contribution in [3.8, 4) is 12.0 Å². The van der Waals surface area contributed by atoms with Crippen LogP contribution in [0.2, 0.25) is 0 Å². The van der Waals surface area contributed by atoms with Gasteiger partial charge < -0.3 is 14.8 Å². The molecule has 0 atom stereocenters. The molecule has 1 aromatic rings. The Hall–Kier alpha value is -2.85. The first kappa shape index (κ1) is 37.0. The van der Waals surface area contributed by atoms with Gasteiger partial charge in [-0.3, -0.25) is 0 Å². The summed E-state index contributed by atoms with van der Waals surface area (Å²) in [5.74, 6) is -42.3. The summed E-state index contributed by atoms with van der Waals surface area (Å²) in [4.78, 5) is 9.52. The second-order valence-corrected chi connectivity index (χ2v) is 11.8. The minimum Gasteiger partial charge on any atom is -0.457 e. The molecule has 6 nitrogen and oxygen atoms in total. The fourth-order valence-corrected chi connectivity index (χ4v) is 6.33. The monoisotopic (exact) mass is 726 g/mol. The summed E-state index contributed by atoms with van der Waals surface area (Å²) in [7, 11) is 0. The van der Waals surface area contributed by atoms with Crippen LogP contribution in [0.15, 0.2) is 0 Å². The van der Waals surface area contributed by atoms with E-state index >= 15 is 0 Å². The number of nitrogens with zero attached hydrogens (tertiary/aromatic N) is 3. The average molecular weight is 726 g/mol. The van der Waals surface area contributed by atoms with Crippen molar-refractivity contribution >= 4 is 5.95 Å². The van der Waals surface area contributed by atoms with E-state index in [-0.39, 0.29) is 17.8 Å². The molecule has 0 radical (unpaired) electrons. The van der Waals surface area contributed by atoms with Gasteiger partial charge >= 0.3 is 59.9 Å². The van der Waals surface area contributed by atoms with E-state index in [9.17, 15) is 79.0 Å². The van der Waals surface area contributed by atoms with Crippen molar-refractivity contribution in [3.05, 3.63) is 0 Å². The molecule has 24 heteroatoms. The third-order valence-corrected chi connectivity index (χ3v) is 8.19. The highest BCUT2D eigenvalue weighted by Gasteiger charge is 2.83. The number of nitrogens with one attached hydrogen (secondary N) is 1. The van der Waals surface area contributed by atoms with Gasteiger partial charge in [-0.2, -0.15) is 89.0 Å². The lowest BCUT2D eigenvalue weighted by molar-refractivity contribution is -0.398. The molecule has 1 N–H and O–H groups in total. The Balaban J connectivity index is 1.63. The molecule has 4 fully saturated rings. The first-order chi connectivity index (χ1) is 21.0. The van der Waals surface area contributed by atoms with E-state index in [4.69, 9.17) is 0 Å². The minimum absolute atomic E-state index is 0.134. The lowest BCUT2D eigenvalue weighted by Crippen LogP contribution is -2.62. The summed E-state index contributed by atoms with van der Waals surface area (Å²) in [6.45, 7) is -6.12. The van der Waals surface area contributed by atoms with Gasteiger partial charge in [-0.05, 0) is 56.3 Å². The smallest absolute Gasteiger partial charge is 0.457 e. The molecule has 0 saturated heterocycles. The molecule has 0 spiro atoms. The lowest BCUT2D eigenvalue weighted by Gasteiger charge is -2.56. The largest absolute Gasteiger partial charge is 0.460 e. The molecule has 0 amide bonds. The van der Waals surface area contributed by atoms with Crippen LogP contribution in [-0.4, -0.2) is 81.6 Å². The molecule has 0 aromatic carbocycles. The predicted molar refractivity (Wildman–Crippen MR) is 117 cm³/mol. The van der Waals surface area contributed by atoms with Crippen LogP contribution in [0.4, 0.5) is 85.0 Å². The van der Waals surface area contributed by atoms with Crippen molar-refractivity contribution in [2.45, 2.75) is 92.0 Å². The highest BCUT2D eigenvalue weighted by Crippen LogP contribution is 2.57. The number of aromatic nitrogens is 3. The lowest BCUT2D eigenvalue weighted by atomic mass is 9.53. The maximum Gasteiger partial charge on any atom is 0.460 e. The normalized spacial score (nSPS) is 26.0. The van der Waals surface area contributed by atoms with Crippen LogP contribution < -0.4 is 14.8 Å². The van der Waals surface area contributed by atoms with E-state index in [0.29, 0.717) is 19.3 Å². The molecule has 47 heavy (non-hydrogen) atoms. The SMILES string of the molecule is FC(F)(F)C(F)(F)C(F)(F)C(F)(F)COc1nc(NC23CC4CC(CC(C4)C2)C3)nc(OCC(F)(F)C(F)(F)C(F)(F)C(F)(F)F)n1. The van der Waals surface area contributed by atoms with E-state index in [0.717, 1.165) is 19.3 Å². The van der Waals surface area contributed by atoms with Gasteiger partial charge in [0.25, 0.3) is 0 Å². The Bertz CT molecular complexity index is 1210. The zero-order chi connectivity index (χ0) is 35.9. The van der Waals surface area contributed by atoms with Crippen LogP contribution in [0.25, 0.3) is 0 Å². The highest BCUT2D eigenvalue weighted by atomic mass is 19.4. The standard InChI is InChI=1S/C23H20F18N4O2/c24-16(25,18(28,29)20(32,33)22(36,37)38)7-46-13-42-12(45-15-4-9-1-10(5-15)3-11(2-9)6-15)43-14(44-13)47-8-17(26,27)19(30,31)21(34,35)23(39,40)41/h9-11H,1-8H2,(H,42,43,44,45). The Kier molecular flexibility index (Phi) is 8.72. The zero-order valence-electron chi connectivity index (χ0n) is 22.9. The molecular weight excluding hydrogens is 706 g/mol. The minimum atomic E-state index is -7.33. The van der Waals surface area contributed by atoms with E-state index in [1.807, 2.05) is 0 Å². The summed E-state index contributed by atoms with van der Waals surface area (Å²) >= 11 is 0. The number of anilines is 1. The van der Waals surface area contributed by atoms with Gasteiger partial charge in [0.05, 0.1) is 0 Å². The van der Waals surface area contributed by atoms with Gasteiger partial charge in [0.1, 0.15) is 0 Å². The summed E-state index contributed by atoms with van der Waals surface area (Å²) < 4.78 is 246. The molecule has 0 aliphatic heterocycles. The summed E-state index contributed by atoms with van der Waals surface area (Å²) in [5, 5.41) is 2.68. The van der Waals surface area contributed by atoms with Crippen LogP contribution in [0, 0.1) is 17.8 Å². The van der Waals surface area contributed by atoms with E-state index in [1.165, 1.54) is 0 Å². The van der Waals surface area contributed by atoms with Crippen LogP contribution in [-0.2, 0) is 0 Å². The maximum absolute atomic E-state index is 14.0. The molecule has 5 rings (SSSR count). The number of ether oxygens (including phenoxy) is 2. The second-order valence-electron chi connectivity index (χ2n) is 11.8. The van der Waals surface area contributed by atoms with Crippen LogP contribution >= 0.6 is 0 Å². The topological polar surface area (TPSA) is 69.2 Å². The third-order valence-electron chi connectivity index (χ3n) is 8.19. The third kappa shape index (κ3) is 6.36. The summed E-state index contributed by atoms with van der Waals surface area (Å²) in [6.07, 6.45) is -10.8. The fourth-order valence-electron chi connectivity index (χ4n) is 6.33. The Labute approximate surface area is 250 Å². The van der Waals surface area contributed by atoms with Gasteiger partial charge in [-0.25, -0.2) is 0 Å². The summed E-state index contributed by atoms with van der Waals surface area (Å²) in [6, 6.07) is -3.49. The van der Waals surface area contributed by atoms with Crippen molar-refractivity contribution in [2.75, 3.05) is 18.5 Å². The molecule has 270 valence electrons. The van der Waals surface area contributed by atoms with Crippen molar-refractivity contribution in [1.82, 2.24) is 15.0 Å². The van der Waals surface area contributed by atoms with Gasteiger partial charge in [-0.15, -0.1) is 4.98 Å². The quantitative estimate of drug-likeness (QED) is 0.221. The first-order valence-corrected chi connectivity index (χ1v) is 13.2. The predicted octanol–water partition coefficient (Wildman–Crippen LogP) is 7.95. The Morgan fingerprint density at radius 1 is 0.511 bits per heavy atom. The van der Waals surface area contributed by atoms with E-state index in [1.54, 1.807) is 0 Å². The molecule has 4 bridgehead atoms. The molecule has 0 unspecified atom stereocenters. The van der Waals surface area contributed by atoms with Gasteiger partial charge in [0.2, 0.25) is 5.95 Å². The van der Waals surface area contributed by atoms with Crippen LogP contribution in [0.3, 0.4) is 0 Å². The van der Waals surface area contributed by atoms with Crippen molar-refractivity contribution in [2.24, 2.45) is 17.8 Å². The van der Waals surface area contributed by atoms with Gasteiger partial charge in [0.15, 0.2) is 13.2 Å². The second kappa shape index (κ2) is 11.1. The highest BCUT2D eigenvalue weighted by molar-refractivity contribution is 5.34. The van der Waals surface area contributed by atoms with Crippen LogP contribution in [0.5, 0.6) is 12.0 Å². The maximum atomic E-state index is 14.0. The van der Waals surface area contributed by atoms with Gasteiger partial charge in [0, 0.05) is 5.54 Å². The molecule has 4 aliphatic rings. The van der Waals surface area contributed by atoms with Crippen molar-refractivity contribution in [3.63, 3.8) is 0 Å². The van der Waals surface area contributed by atoms with Crippen LogP contribution in [0.1, 0.15) is 38.5 Å².